The largest absolute Gasteiger partial charge is 0.486 e. The highest BCUT2D eigenvalue weighted by atomic mass is 35.5. The van der Waals surface area contributed by atoms with E-state index >= 15 is 0 Å². The third-order valence-corrected chi connectivity index (χ3v) is 6.57. The highest BCUT2D eigenvalue weighted by molar-refractivity contribution is 6.35. The number of benzene rings is 1. The number of hydrogen-bond acceptors (Lipinski definition) is 8. The van der Waals surface area contributed by atoms with E-state index in [2.05, 4.69) is 30.3 Å². The topological polar surface area (TPSA) is 115 Å². The maximum absolute atomic E-state index is 6.33. The molecule has 35 heavy (non-hydrogen) atoms. The van der Waals surface area contributed by atoms with Crippen LogP contribution in [0.5, 0.6) is 5.75 Å². The first-order valence-electron chi connectivity index (χ1n) is 11.3. The van der Waals surface area contributed by atoms with Crippen LogP contribution in [0.3, 0.4) is 0 Å². The Morgan fingerprint density at radius 2 is 1.91 bits per heavy atom. The fraction of sp³-hybridized carbons (Fsp3) is 0.333. The van der Waals surface area contributed by atoms with Gasteiger partial charge in [-0.25, -0.2) is 0 Å². The van der Waals surface area contributed by atoms with Crippen LogP contribution in [-0.2, 0) is 4.74 Å². The molecule has 1 aromatic carbocycles. The lowest BCUT2D eigenvalue weighted by molar-refractivity contribution is 0.0806. The Kier molecular flexibility index (Phi) is 6.50. The van der Waals surface area contributed by atoms with Gasteiger partial charge in [0.15, 0.2) is 5.82 Å². The normalized spacial score (nSPS) is 15.7. The van der Waals surface area contributed by atoms with E-state index in [1.165, 1.54) is 0 Å². The Morgan fingerprint density at radius 1 is 1.14 bits per heavy atom. The predicted octanol–water partition coefficient (Wildman–Crippen LogP) is 4.42. The average Bonchev–Trinajstić information content (AvgIpc) is 3.24. The number of ether oxygens (including phenoxy) is 2. The minimum Gasteiger partial charge on any atom is -0.486 e. The van der Waals surface area contributed by atoms with Crippen molar-refractivity contribution in [1.29, 1.82) is 0 Å². The van der Waals surface area contributed by atoms with Gasteiger partial charge in [0.25, 0.3) is 0 Å². The summed E-state index contributed by atoms with van der Waals surface area (Å²) in [5.41, 5.74) is 8.87. The standard InChI is InChI=1S/C24H25Cl2N7O2/c1-3-34-13-24(27)11-33(12-24)21-7-6-20(30-31-21)23-16-8-15(4-5-19(16)29-32-23)35-14(2)22-17(25)9-28-10-18(22)26/h4-10,14H,3,11-13,27H2,1-2H3,(H,29,32)/t14-/m1/s1. The van der Waals surface area contributed by atoms with Crippen molar-refractivity contribution in [2.24, 2.45) is 5.73 Å². The second kappa shape index (κ2) is 9.58. The monoisotopic (exact) mass is 513 g/mol. The van der Waals surface area contributed by atoms with E-state index in [0.717, 1.165) is 16.7 Å². The van der Waals surface area contributed by atoms with Crippen molar-refractivity contribution in [1.82, 2.24) is 25.4 Å². The van der Waals surface area contributed by atoms with Crippen LogP contribution < -0.4 is 15.4 Å². The minimum atomic E-state index is -0.376. The molecule has 0 saturated carbocycles. The average molecular weight is 514 g/mol. The number of pyridine rings is 1. The lowest BCUT2D eigenvalue weighted by atomic mass is 9.92. The van der Waals surface area contributed by atoms with Crippen LogP contribution in [0.1, 0.15) is 25.5 Å². The van der Waals surface area contributed by atoms with Gasteiger partial charge in [0.1, 0.15) is 23.2 Å². The highest BCUT2D eigenvalue weighted by Gasteiger charge is 2.40. The summed E-state index contributed by atoms with van der Waals surface area (Å²) < 4.78 is 11.6. The Morgan fingerprint density at radius 3 is 2.60 bits per heavy atom. The fourth-order valence-corrected chi connectivity index (χ4v) is 4.90. The maximum Gasteiger partial charge on any atom is 0.151 e. The van der Waals surface area contributed by atoms with Gasteiger partial charge in [-0.15, -0.1) is 10.2 Å². The van der Waals surface area contributed by atoms with Crippen molar-refractivity contribution in [3.05, 3.63) is 58.3 Å². The van der Waals surface area contributed by atoms with Crippen molar-refractivity contribution in [2.45, 2.75) is 25.5 Å². The Hall–Kier alpha value is -2.98. The van der Waals surface area contributed by atoms with Crippen molar-refractivity contribution in [3.63, 3.8) is 0 Å². The summed E-state index contributed by atoms with van der Waals surface area (Å²) in [5, 5.41) is 18.1. The maximum atomic E-state index is 6.33. The molecule has 1 fully saturated rings. The summed E-state index contributed by atoms with van der Waals surface area (Å²) in [5.74, 6) is 1.42. The van der Waals surface area contributed by atoms with E-state index in [4.69, 9.17) is 38.4 Å². The van der Waals surface area contributed by atoms with Crippen LogP contribution in [0, 0.1) is 0 Å². The summed E-state index contributed by atoms with van der Waals surface area (Å²) in [6.45, 7) is 6.39. The van der Waals surface area contributed by atoms with E-state index in [0.29, 0.717) is 59.0 Å². The van der Waals surface area contributed by atoms with Gasteiger partial charge >= 0.3 is 0 Å². The number of hydrogen-bond donors (Lipinski definition) is 2. The summed E-state index contributed by atoms with van der Waals surface area (Å²) in [4.78, 5) is 6.08. The molecule has 1 atom stereocenters. The molecule has 1 saturated heterocycles. The number of aromatic amines is 1. The van der Waals surface area contributed by atoms with Gasteiger partial charge in [0, 0.05) is 43.0 Å². The van der Waals surface area contributed by atoms with E-state index in [-0.39, 0.29) is 11.6 Å². The molecule has 3 aromatic heterocycles. The Bertz CT molecular complexity index is 1320. The van der Waals surface area contributed by atoms with Crippen LogP contribution in [0.25, 0.3) is 22.3 Å². The van der Waals surface area contributed by atoms with Crippen molar-refractivity contribution >= 4 is 39.9 Å². The Labute approximate surface area is 212 Å². The number of aromatic nitrogens is 5. The van der Waals surface area contributed by atoms with Gasteiger partial charge in [-0.05, 0) is 44.2 Å². The molecule has 1 aliphatic rings. The predicted molar refractivity (Wildman–Crippen MR) is 136 cm³/mol. The molecular weight excluding hydrogens is 489 g/mol. The van der Waals surface area contributed by atoms with Crippen molar-refractivity contribution in [2.75, 3.05) is 31.2 Å². The van der Waals surface area contributed by atoms with E-state index < -0.39 is 0 Å². The van der Waals surface area contributed by atoms with E-state index in [1.54, 1.807) is 12.4 Å². The van der Waals surface area contributed by atoms with Gasteiger partial charge in [-0.3, -0.25) is 10.1 Å². The summed E-state index contributed by atoms with van der Waals surface area (Å²) in [6, 6.07) is 9.52. The zero-order valence-electron chi connectivity index (χ0n) is 19.3. The molecule has 0 spiro atoms. The number of H-pyrrole nitrogens is 1. The molecule has 5 rings (SSSR count). The molecule has 0 amide bonds. The van der Waals surface area contributed by atoms with Crippen LogP contribution in [-0.4, -0.2) is 57.2 Å². The molecule has 0 aliphatic carbocycles. The number of rotatable bonds is 8. The van der Waals surface area contributed by atoms with Gasteiger partial charge in [-0.2, -0.15) is 5.10 Å². The van der Waals surface area contributed by atoms with Crippen LogP contribution in [0.15, 0.2) is 42.7 Å². The van der Waals surface area contributed by atoms with Crippen molar-refractivity contribution in [3.8, 4) is 17.1 Å². The Balaban J connectivity index is 1.34. The zero-order valence-corrected chi connectivity index (χ0v) is 20.8. The molecule has 4 heterocycles. The third-order valence-electron chi connectivity index (χ3n) is 5.97. The fourth-order valence-electron chi connectivity index (χ4n) is 4.23. The van der Waals surface area contributed by atoms with Crippen LogP contribution >= 0.6 is 23.2 Å². The molecule has 3 N–H and O–H groups in total. The molecule has 0 radical (unpaired) electrons. The molecular formula is C24H25Cl2N7O2. The molecule has 0 unspecified atom stereocenters. The molecule has 9 nitrogen and oxygen atoms in total. The van der Waals surface area contributed by atoms with Gasteiger partial charge in [0.2, 0.25) is 0 Å². The van der Waals surface area contributed by atoms with E-state index in [9.17, 15) is 0 Å². The van der Waals surface area contributed by atoms with Gasteiger partial charge in [0.05, 0.1) is 27.7 Å². The number of nitrogens with one attached hydrogen (secondary N) is 1. The minimum absolute atomic E-state index is 0.340. The lowest BCUT2D eigenvalue weighted by Crippen LogP contribution is -2.70. The molecule has 0 bridgehead atoms. The third kappa shape index (κ3) is 4.77. The molecule has 1 aliphatic heterocycles. The van der Waals surface area contributed by atoms with Crippen LogP contribution in [0.2, 0.25) is 10.0 Å². The quantitative estimate of drug-likeness (QED) is 0.355. The summed E-state index contributed by atoms with van der Waals surface area (Å²) in [7, 11) is 0. The molecule has 4 aromatic rings. The summed E-state index contributed by atoms with van der Waals surface area (Å²) >= 11 is 12.6. The second-order valence-electron chi connectivity index (χ2n) is 8.69. The van der Waals surface area contributed by atoms with Crippen LogP contribution in [0.4, 0.5) is 5.82 Å². The molecule has 182 valence electrons. The molecule has 11 heteroatoms. The summed E-state index contributed by atoms with van der Waals surface area (Å²) in [6.07, 6.45) is 2.73. The van der Waals surface area contributed by atoms with Crippen molar-refractivity contribution < 1.29 is 9.47 Å². The number of anilines is 1. The van der Waals surface area contributed by atoms with E-state index in [1.807, 2.05) is 44.2 Å². The smallest absolute Gasteiger partial charge is 0.151 e. The number of nitrogens with two attached hydrogens (primary N) is 1. The SMILES string of the molecule is CCOCC1(N)CN(c2ccc(-c3n[nH]c4ccc(O[C@H](C)c5c(Cl)cncc5Cl)cc34)nn2)C1. The number of halogens is 2. The number of nitrogens with zero attached hydrogens (tertiary/aromatic N) is 5. The zero-order chi connectivity index (χ0) is 24.6. The number of fused-ring (bicyclic) bond motifs is 1. The first kappa shape index (κ1) is 23.7. The van der Waals surface area contributed by atoms with Gasteiger partial charge < -0.3 is 20.1 Å². The first-order chi connectivity index (χ1) is 16.9. The first-order valence-corrected chi connectivity index (χ1v) is 12.0. The van der Waals surface area contributed by atoms with Gasteiger partial charge in [-0.1, -0.05) is 23.2 Å². The lowest BCUT2D eigenvalue weighted by Gasteiger charge is -2.47. The second-order valence-corrected chi connectivity index (χ2v) is 9.50. The highest BCUT2D eigenvalue weighted by Crippen LogP contribution is 2.34.